The van der Waals surface area contributed by atoms with E-state index in [9.17, 15) is 4.79 Å². The minimum absolute atomic E-state index is 0.286. The third-order valence-electron chi connectivity index (χ3n) is 3.56. The highest BCUT2D eigenvalue weighted by molar-refractivity contribution is 5.91. The van der Waals surface area contributed by atoms with Gasteiger partial charge in [-0.05, 0) is 47.6 Å². The van der Waals surface area contributed by atoms with Gasteiger partial charge in [0.25, 0.3) is 0 Å². The minimum Gasteiger partial charge on any atom is -0.465 e. The van der Waals surface area contributed by atoms with E-state index in [2.05, 4.69) is 38.1 Å². The Morgan fingerprint density at radius 2 is 1.67 bits per heavy atom. The van der Waals surface area contributed by atoms with Gasteiger partial charge in [0.15, 0.2) is 0 Å². The maximum absolute atomic E-state index is 11.6. The van der Waals surface area contributed by atoms with Crippen LogP contribution in [0.2, 0.25) is 0 Å². The zero-order valence-corrected chi connectivity index (χ0v) is 13.1. The number of hydrogen-bond acceptors (Lipinski definition) is 2. The molecule has 21 heavy (non-hydrogen) atoms. The quantitative estimate of drug-likeness (QED) is 0.763. The Balaban J connectivity index is 2.26. The monoisotopic (exact) mass is 282 g/mol. The molecule has 0 heterocycles. The fraction of sp³-hybridized carbons (Fsp3) is 0.316. The molecule has 0 N–H and O–H groups in total. The van der Waals surface area contributed by atoms with E-state index < -0.39 is 0 Å². The van der Waals surface area contributed by atoms with E-state index in [0.717, 1.165) is 17.5 Å². The topological polar surface area (TPSA) is 26.3 Å². The van der Waals surface area contributed by atoms with Crippen LogP contribution in [0, 0.1) is 12.8 Å². The molecular formula is C19H22O2. The van der Waals surface area contributed by atoms with Gasteiger partial charge in [0.05, 0.1) is 12.7 Å². The molecule has 0 fully saturated rings. The Bertz CT molecular complexity index is 625. The molecule has 2 nitrogen and oxygen atoms in total. The van der Waals surface area contributed by atoms with Gasteiger partial charge in [-0.2, -0.15) is 0 Å². The summed E-state index contributed by atoms with van der Waals surface area (Å²) in [6.07, 6.45) is 1.10. The molecule has 2 aromatic carbocycles. The number of rotatable bonds is 4. The Hall–Kier alpha value is -2.09. The van der Waals surface area contributed by atoms with E-state index >= 15 is 0 Å². The molecule has 0 saturated carbocycles. The summed E-state index contributed by atoms with van der Waals surface area (Å²) in [5, 5.41) is 0. The van der Waals surface area contributed by atoms with Crippen molar-refractivity contribution < 1.29 is 9.53 Å². The second-order valence-corrected chi connectivity index (χ2v) is 5.82. The first-order chi connectivity index (χ1) is 10.0. The molecule has 0 unspecified atom stereocenters. The van der Waals surface area contributed by atoms with Gasteiger partial charge in [-0.1, -0.05) is 50.2 Å². The molecule has 2 rings (SSSR count). The van der Waals surface area contributed by atoms with E-state index in [4.69, 9.17) is 4.74 Å². The molecule has 0 atom stereocenters. The first kappa shape index (κ1) is 15.3. The van der Waals surface area contributed by atoms with Gasteiger partial charge < -0.3 is 4.74 Å². The number of ether oxygens (including phenoxy) is 1. The van der Waals surface area contributed by atoms with E-state index in [1.165, 1.54) is 18.2 Å². The van der Waals surface area contributed by atoms with Crippen molar-refractivity contribution in [1.82, 2.24) is 0 Å². The highest BCUT2D eigenvalue weighted by Gasteiger charge is 2.10. The van der Waals surface area contributed by atoms with E-state index in [1.807, 2.05) is 25.1 Å². The Labute approximate surface area is 126 Å². The fourth-order valence-corrected chi connectivity index (χ4v) is 2.49. The van der Waals surface area contributed by atoms with Gasteiger partial charge in [0, 0.05) is 0 Å². The smallest absolute Gasteiger partial charge is 0.338 e. The molecule has 0 amide bonds. The molecule has 2 aromatic rings. The first-order valence-corrected chi connectivity index (χ1v) is 7.29. The molecule has 110 valence electrons. The van der Waals surface area contributed by atoms with Crippen LogP contribution in [0.25, 0.3) is 11.1 Å². The summed E-state index contributed by atoms with van der Waals surface area (Å²) in [4.78, 5) is 11.6. The standard InChI is InChI=1S/C19H22O2/c1-13(2)11-15-5-7-16(8-6-15)17-9-10-18(14(3)12-17)19(20)21-4/h5-10,12-13H,11H2,1-4H3. The lowest BCUT2D eigenvalue weighted by Gasteiger charge is -2.09. The molecule has 0 radical (unpaired) electrons. The second-order valence-electron chi connectivity index (χ2n) is 5.82. The van der Waals surface area contributed by atoms with Crippen LogP contribution in [0.5, 0.6) is 0 Å². The third-order valence-corrected chi connectivity index (χ3v) is 3.56. The lowest BCUT2D eigenvalue weighted by Crippen LogP contribution is -2.03. The highest BCUT2D eigenvalue weighted by Crippen LogP contribution is 2.23. The number of esters is 1. The van der Waals surface area contributed by atoms with Crippen molar-refractivity contribution in [3.05, 3.63) is 59.2 Å². The van der Waals surface area contributed by atoms with Crippen LogP contribution in [0.1, 0.15) is 35.3 Å². The van der Waals surface area contributed by atoms with Crippen molar-refractivity contribution in [3.8, 4) is 11.1 Å². The molecule has 0 saturated heterocycles. The van der Waals surface area contributed by atoms with Crippen molar-refractivity contribution in [2.45, 2.75) is 27.2 Å². The minimum atomic E-state index is -0.286. The summed E-state index contributed by atoms with van der Waals surface area (Å²) in [5.41, 5.74) is 5.21. The van der Waals surface area contributed by atoms with Gasteiger partial charge in [-0.25, -0.2) is 4.79 Å². The Morgan fingerprint density at radius 1 is 1.05 bits per heavy atom. The van der Waals surface area contributed by atoms with Crippen molar-refractivity contribution in [1.29, 1.82) is 0 Å². The molecular weight excluding hydrogens is 260 g/mol. The number of carbonyl (C=O) groups excluding carboxylic acids is 1. The summed E-state index contributed by atoms with van der Waals surface area (Å²) in [5.74, 6) is 0.378. The maximum Gasteiger partial charge on any atom is 0.338 e. The summed E-state index contributed by atoms with van der Waals surface area (Å²) >= 11 is 0. The number of aryl methyl sites for hydroxylation is 1. The first-order valence-electron chi connectivity index (χ1n) is 7.29. The van der Waals surface area contributed by atoms with Crippen molar-refractivity contribution >= 4 is 5.97 Å². The predicted octanol–water partition coefficient (Wildman–Crippen LogP) is 4.65. The third kappa shape index (κ3) is 3.72. The number of methoxy groups -OCH3 is 1. The van der Waals surface area contributed by atoms with Gasteiger partial charge in [0.2, 0.25) is 0 Å². The molecule has 2 heteroatoms. The van der Waals surface area contributed by atoms with Crippen LogP contribution in [-0.4, -0.2) is 13.1 Å². The van der Waals surface area contributed by atoms with E-state index in [-0.39, 0.29) is 5.97 Å². The number of hydrogen-bond donors (Lipinski definition) is 0. The van der Waals surface area contributed by atoms with Crippen molar-refractivity contribution in [3.63, 3.8) is 0 Å². The van der Waals surface area contributed by atoms with Crippen LogP contribution in [-0.2, 0) is 11.2 Å². The average Bonchev–Trinajstić information content (AvgIpc) is 2.46. The van der Waals surface area contributed by atoms with E-state index in [1.54, 1.807) is 0 Å². The Morgan fingerprint density at radius 3 is 2.19 bits per heavy atom. The summed E-state index contributed by atoms with van der Waals surface area (Å²) in [6.45, 7) is 6.38. The summed E-state index contributed by atoms with van der Waals surface area (Å²) < 4.78 is 4.78. The van der Waals surface area contributed by atoms with Crippen LogP contribution < -0.4 is 0 Å². The normalized spacial score (nSPS) is 10.7. The van der Waals surface area contributed by atoms with Gasteiger partial charge in [-0.3, -0.25) is 0 Å². The average molecular weight is 282 g/mol. The van der Waals surface area contributed by atoms with E-state index in [0.29, 0.717) is 11.5 Å². The van der Waals surface area contributed by atoms with Gasteiger partial charge >= 0.3 is 5.97 Å². The largest absolute Gasteiger partial charge is 0.465 e. The predicted molar refractivity (Wildman–Crippen MR) is 86.5 cm³/mol. The van der Waals surface area contributed by atoms with Gasteiger partial charge in [0.1, 0.15) is 0 Å². The van der Waals surface area contributed by atoms with Crippen LogP contribution in [0.3, 0.4) is 0 Å². The maximum atomic E-state index is 11.6. The Kier molecular flexibility index (Phi) is 4.79. The number of benzene rings is 2. The zero-order valence-electron chi connectivity index (χ0n) is 13.1. The van der Waals surface area contributed by atoms with Crippen LogP contribution in [0.4, 0.5) is 0 Å². The molecule has 0 bridgehead atoms. The summed E-state index contributed by atoms with van der Waals surface area (Å²) in [6, 6.07) is 14.5. The van der Waals surface area contributed by atoms with Gasteiger partial charge in [-0.15, -0.1) is 0 Å². The molecule has 0 aliphatic heterocycles. The summed E-state index contributed by atoms with van der Waals surface area (Å²) in [7, 11) is 1.41. The zero-order chi connectivity index (χ0) is 15.4. The fourth-order valence-electron chi connectivity index (χ4n) is 2.49. The lowest BCUT2D eigenvalue weighted by atomic mass is 9.97. The van der Waals surface area contributed by atoms with Crippen LogP contribution in [0.15, 0.2) is 42.5 Å². The highest BCUT2D eigenvalue weighted by atomic mass is 16.5. The molecule has 0 aliphatic rings. The molecule has 0 aromatic heterocycles. The van der Waals surface area contributed by atoms with Crippen molar-refractivity contribution in [2.75, 3.05) is 7.11 Å². The molecule has 0 aliphatic carbocycles. The molecule has 0 spiro atoms. The number of carbonyl (C=O) groups is 1. The van der Waals surface area contributed by atoms with Crippen LogP contribution >= 0.6 is 0 Å². The SMILES string of the molecule is COC(=O)c1ccc(-c2ccc(CC(C)C)cc2)cc1C. The van der Waals surface area contributed by atoms with Crippen molar-refractivity contribution in [2.24, 2.45) is 5.92 Å². The second kappa shape index (κ2) is 6.57. The lowest BCUT2D eigenvalue weighted by molar-refractivity contribution is 0.0600.